The van der Waals surface area contributed by atoms with Crippen LogP contribution in [-0.4, -0.2) is 27.7 Å². The van der Waals surface area contributed by atoms with Gasteiger partial charge in [0.2, 0.25) is 5.88 Å². The minimum absolute atomic E-state index is 0.0336. The lowest BCUT2D eigenvalue weighted by Gasteiger charge is -2.19. The van der Waals surface area contributed by atoms with Crippen LogP contribution >= 0.6 is 0 Å². The first-order valence-corrected chi connectivity index (χ1v) is 8.34. The molecule has 1 aromatic heterocycles. The van der Waals surface area contributed by atoms with Crippen LogP contribution in [0.25, 0.3) is 0 Å². The maximum absolute atomic E-state index is 9.41. The maximum atomic E-state index is 9.41. The number of anilines is 1. The van der Waals surface area contributed by atoms with Gasteiger partial charge in [0.05, 0.1) is 18.2 Å². The number of rotatable bonds is 6. The quantitative estimate of drug-likeness (QED) is 0.838. The monoisotopic (exact) mass is 329 g/mol. The molecule has 0 aliphatic rings. The van der Waals surface area contributed by atoms with Crippen LogP contribution in [0.1, 0.15) is 41.4 Å². The van der Waals surface area contributed by atoms with Gasteiger partial charge in [-0.1, -0.05) is 24.6 Å². The van der Waals surface area contributed by atoms with Crippen molar-refractivity contribution in [2.24, 2.45) is 0 Å². The Hall–Kier alpha value is -2.14. The molecule has 5 heteroatoms. The van der Waals surface area contributed by atoms with Crippen LogP contribution in [0.4, 0.5) is 5.82 Å². The van der Waals surface area contributed by atoms with Crippen molar-refractivity contribution in [3.05, 3.63) is 40.2 Å². The molecule has 0 radical (unpaired) electrons. The lowest BCUT2D eigenvalue weighted by Crippen LogP contribution is -2.24. The standard InChI is InChI=1S/C19H27N3O2/c1-7-16(10-23)22-18-14(5)19(21-15(6)20-18)24-17-12(3)8-11(2)9-13(17)4/h8-9,16,23H,7,10H2,1-6H3,(H,20,21,22)/t16-/m0/s1. The molecule has 0 unspecified atom stereocenters. The van der Waals surface area contributed by atoms with E-state index in [2.05, 4.69) is 34.3 Å². The number of aryl methyl sites for hydroxylation is 4. The number of ether oxygens (including phenoxy) is 1. The molecular weight excluding hydrogens is 302 g/mol. The molecule has 24 heavy (non-hydrogen) atoms. The average Bonchev–Trinajstić information content (AvgIpc) is 2.52. The molecule has 0 saturated carbocycles. The summed E-state index contributed by atoms with van der Waals surface area (Å²) in [7, 11) is 0. The second kappa shape index (κ2) is 7.62. The largest absolute Gasteiger partial charge is 0.438 e. The number of aliphatic hydroxyl groups excluding tert-OH is 1. The first-order chi connectivity index (χ1) is 11.3. The van der Waals surface area contributed by atoms with Crippen LogP contribution in [0.15, 0.2) is 12.1 Å². The van der Waals surface area contributed by atoms with Gasteiger partial charge in [0.1, 0.15) is 17.4 Å². The molecular formula is C19H27N3O2. The van der Waals surface area contributed by atoms with Gasteiger partial charge in [0.25, 0.3) is 0 Å². The summed E-state index contributed by atoms with van der Waals surface area (Å²) in [5.41, 5.74) is 4.22. The van der Waals surface area contributed by atoms with Crippen molar-refractivity contribution in [3.63, 3.8) is 0 Å². The molecule has 0 saturated heterocycles. The minimum Gasteiger partial charge on any atom is -0.438 e. The third-order valence-corrected chi connectivity index (χ3v) is 4.07. The van der Waals surface area contributed by atoms with Gasteiger partial charge in [-0.3, -0.25) is 0 Å². The fourth-order valence-corrected chi connectivity index (χ4v) is 2.74. The summed E-state index contributed by atoms with van der Waals surface area (Å²) in [6.45, 7) is 12.0. The smallest absolute Gasteiger partial charge is 0.227 e. The van der Waals surface area contributed by atoms with Gasteiger partial charge in [-0.25, -0.2) is 4.98 Å². The molecule has 2 aromatic rings. The van der Waals surface area contributed by atoms with Crippen LogP contribution in [0.5, 0.6) is 11.6 Å². The molecule has 1 atom stereocenters. The number of hydrogen-bond acceptors (Lipinski definition) is 5. The van der Waals surface area contributed by atoms with E-state index in [0.29, 0.717) is 17.5 Å². The van der Waals surface area contributed by atoms with Gasteiger partial charge < -0.3 is 15.2 Å². The summed E-state index contributed by atoms with van der Waals surface area (Å²) in [6.07, 6.45) is 0.811. The summed E-state index contributed by atoms with van der Waals surface area (Å²) >= 11 is 0. The van der Waals surface area contributed by atoms with Crippen molar-refractivity contribution in [2.45, 2.75) is 54.0 Å². The Bertz CT molecular complexity index is 702. The Morgan fingerprint density at radius 3 is 2.25 bits per heavy atom. The average molecular weight is 329 g/mol. The first-order valence-electron chi connectivity index (χ1n) is 8.34. The Morgan fingerprint density at radius 2 is 1.71 bits per heavy atom. The predicted octanol–water partition coefficient (Wildman–Crippen LogP) is 3.99. The van der Waals surface area contributed by atoms with Gasteiger partial charge in [0.15, 0.2) is 0 Å². The number of aliphatic hydroxyl groups is 1. The lowest BCUT2D eigenvalue weighted by molar-refractivity contribution is 0.271. The van der Waals surface area contributed by atoms with Crippen LogP contribution in [0.2, 0.25) is 0 Å². The summed E-state index contributed by atoms with van der Waals surface area (Å²) in [4.78, 5) is 8.91. The first kappa shape index (κ1) is 18.2. The molecule has 0 aliphatic heterocycles. The van der Waals surface area contributed by atoms with Crippen molar-refractivity contribution >= 4 is 5.82 Å². The number of aromatic nitrogens is 2. The van der Waals surface area contributed by atoms with Gasteiger partial charge in [-0.2, -0.15) is 4.98 Å². The molecule has 0 spiro atoms. The van der Waals surface area contributed by atoms with Gasteiger partial charge in [-0.15, -0.1) is 0 Å². The zero-order chi connectivity index (χ0) is 17.9. The van der Waals surface area contributed by atoms with E-state index in [9.17, 15) is 5.11 Å². The molecule has 1 heterocycles. The summed E-state index contributed by atoms with van der Waals surface area (Å²) in [5, 5.41) is 12.7. The topological polar surface area (TPSA) is 67.3 Å². The van der Waals surface area contributed by atoms with E-state index in [4.69, 9.17) is 4.74 Å². The molecule has 0 aliphatic carbocycles. The summed E-state index contributed by atoms with van der Waals surface area (Å²) in [6, 6.07) is 4.17. The summed E-state index contributed by atoms with van der Waals surface area (Å²) in [5.74, 6) is 2.73. The minimum atomic E-state index is -0.0336. The number of benzene rings is 1. The van der Waals surface area contributed by atoms with Gasteiger partial charge in [-0.05, 0) is 52.2 Å². The summed E-state index contributed by atoms with van der Waals surface area (Å²) < 4.78 is 6.14. The SMILES string of the molecule is CC[C@@H](CO)Nc1nc(C)nc(Oc2c(C)cc(C)cc2C)c1C. The van der Waals surface area contributed by atoms with Crippen molar-refractivity contribution in [3.8, 4) is 11.6 Å². The van der Waals surface area contributed by atoms with E-state index in [1.54, 1.807) is 0 Å². The Kier molecular flexibility index (Phi) is 5.78. The lowest BCUT2D eigenvalue weighted by atomic mass is 10.1. The van der Waals surface area contributed by atoms with Crippen molar-refractivity contribution in [2.75, 3.05) is 11.9 Å². The highest BCUT2D eigenvalue weighted by atomic mass is 16.5. The van der Waals surface area contributed by atoms with Crippen molar-refractivity contribution < 1.29 is 9.84 Å². The number of hydrogen-bond donors (Lipinski definition) is 2. The molecule has 2 rings (SSSR count). The fourth-order valence-electron chi connectivity index (χ4n) is 2.74. The Labute approximate surface area is 144 Å². The highest BCUT2D eigenvalue weighted by Crippen LogP contribution is 2.32. The molecule has 1 aromatic carbocycles. The maximum Gasteiger partial charge on any atom is 0.227 e. The molecule has 130 valence electrons. The second-order valence-corrected chi connectivity index (χ2v) is 6.31. The van der Waals surface area contributed by atoms with Crippen LogP contribution < -0.4 is 10.1 Å². The third kappa shape index (κ3) is 4.03. The van der Waals surface area contributed by atoms with E-state index >= 15 is 0 Å². The molecule has 2 N–H and O–H groups in total. The van der Waals surface area contributed by atoms with Crippen LogP contribution in [-0.2, 0) is 0 Å². The van der Waals surface area contributed by atoms with E-state index in [-0.39, 0.29) is 12.6 Å². The normalized spacial score (nSPS) is 12.1. The third-order valence-electron chi connectivity index (χ3n) is 4.07. The van der Waals surface area contributed by atoms with E-state index < -0.39 is 0 Å². The predicted molar refractivity (Wildman–Crippen MR) is 97.0 cm³/mol. The van der Waals surface area contributed by atoms with Gasteiger partial charge >= 0.3 is 0 Å². The Morgan fingerprint density at radius 1 is 1.08 bits per heavy atom. The van der Waals surface area contributed by atoms with E-state index in [1.807, 2.05) is 34.6 Å². The highest BCUT2D eigenvalue weighted by Gasteiger charge is 2.16. The van der Waals surface area contributed by atoms with Crippen LogP contribution in [0.3, 0.4) is 0 Å². The molecule has 0 bridgehead atoms. The molecule has 0 amide bonds. The van der Waals surface area contributed by atoms with Crippen molar-refractivity contribution in [1.29, 1.82) is 0 Å². The Balaban J connectivity index is 2.39. The molecule has 0 fully saturated rings. The molecule has 5 nitrogen and oxygen atoms in total. The van der Waals surface area contributed by atoms with E-state index in [0.717, 1.165) is 28.9 Å². The zero-order valence-corrected chi connectivity index (χ0v) is 15.4. The second-order valence-electron chi connectivity index (χ2n) is 6.31. The van der Waals surface area contributed by atoms with Crippen LogP contribution in [0, 0.1) is 34.6 Å². The fraction of sp³-hybridized carbons (Fsp3) is 0.474. The highest BCUT2D eigenvalue weighted by molar-refractivity contribution is 5.52. The van der Waals surface area contributed by atoms with Crippen molar-refractivity contribution in [1.82, 2.24) is 9.97 Å². The van der Waals surface area contributed by atoms with Gasteiger partial charge in [0, 0.05) is 0 Å². The number of nitrogens with one attached hydrogen (secondary N) is 1. The zero-order valence-electron chi connectivity index (χ0n) is 15.4. The number of nitrogens with zero attached hydrogens (tertiary/aromatic N) is 2. The van der Waals surface area contributed by atoms with E-state index in [1.165, 1.54) is 5.56 Å².